The van der Waals surface area contributed by atoms with Crippen molar-refractivity contribution in [1.29, 1.82) is 0 Å². The molecule has 5 heteroatoms. The van der Waals surface area contributed by atoms with Gasteiger partial charge in [-0.3, -0.25) is 9.59 Å². The van der Waals surface area contributed by atoms with Gasteiger partial charge in [-0.25, -0.2) is 0 Å². The Hall–Kier alpha value is -1.10. The van der Waals surface area contributed by atoms with Crippen LogP contribution < -0.4 is 5.32 Å². The summed E-state index contributed by atoms with van der Waals surface area (Å²) in [5.74, 6) is 0.0123. The zero-order chi connectivity index (χ0) is 13.3. The summed E-state index contributed by atoms with van der Waals surface area (Å²) in [7, 11) is 3.41. The number of amides is 2. The van der Waals surface area contributed by atoms with Gasteiger partial charge in [0.25, 0.3) is 0 Å². The zero-order valence-electron chi connectivity index (χ0n) is 11.5. The molecule has 0 atom stereocenters. The summed E-state index contributed by atoms with van der Waals surface area (Å²) in [5.41, 5.74) is 0. The van der Waals surface area contributed by atoms with Crippen molar-refractivity contribution in [1.82, 2.24) is 15.1 Å². The predicted octanol–water partition coefficient (Wildman–Crippen LogP) is 0.313. The number of likely N-dealkylation sites (N-methyl/N-ethyl adjacent to an activating group) is 1. The lowest BCUT2D eigenvalue weighted by atomic mass is 10.3. The standard InChI is InChI=1S/C12H25N3O2/c1-5-9-15(10-12(17)14(3)4)11(16)7-8-13-6-2/h13H,5-10H2,1-4H3. The van der Waals surface area contributed by atoms with E-state index < -0.39 is 0 Å². The first-order valence-electron chi connectivity index (χ1n) is 6.21. The van der Waals surface area contributed by atoms with Gasteiger partial charge in [-0.15, -0.1) is 0 Å². The van der Waals surface area contributed by atoms with Gasteiger partial charge in [-0.05, 0) is 13.0 Å². The molecule has 100 valence electrons. The number of carbonyl (C=O) groups is 2. The second-order valence-corrected chi connectivity index (χ2v) is 4.21. The molecule has 0 aliphatic carbocycles. The van der Waals surface area contributed by atoms with Gasteiger partial charge in [-0.1, -0.05) is 13.8 Å². The fourth-order valence-corrected chi connectivity index (χ4v) is 1.40. The Labute approximate surface area is 104 Å². The predicted molar refractivity (Wildman–Crippen MR) is 68.7 cm³/mol. The molecule has 0 aliphatic heterocycles. The molecule has 2 amide bonds. The molecule has 17 heavy (non-hydrogen) atoms. The van der Waals surface area contributed by atoms with Crippen LogP contribution in [0.3, 0.4) is 0 Å². The molecule has 0 aromatic rings. The van der Waals surface area contributed by atoms with Gasteiger partial charge in [0.2, 0.25) is 11.8 Å². The molecule has 0 aliphatic rings. The molecule has 0 aromatic carbocycles. The van der Waals surface area contributed by atoms with Gasteiger partial charge in [0.1, 0.15) is 0 Å². The van der Waals surface area contributed by atoms with Gasteiger partial charge in [0.05, 0.1) is 6.54 Å². The van der Waals surface area contributed by atoms with Crippen molar-refractivity contribution in [3.05, 3.63) is 0 Å². The topological polar surface area (TPSA) is 52.7 Å². The third kappa shape index (κ3) is 6.94. The van der Waals surface area contributed by atoms with E-state index in [-0.39, 0.29) is 18.4 Å². The molecule has 5 nitrogen and oxygen atoms in total. The van der Waals surface area contributed by atoms with Crippen molar-refractivity contribution in [3.63, 3.8) is 0 Å². The normalized spacial score (nSPS) is 10.1. The first-order valence-corrected chi connectivity index (χ1v) is 6.21. The number of nitrogens with zero attached hydrogens (tertiary/aromatic N) is 2. The molecule has 0 heterocycles. The number of nitrogens with one attached hydrogen (secondary N) is 1. The minimum Gasteiger partial charge on any atom is -0.347 e. The number of rotatable bonds is 8. The Kier molecular flexibility index (Phi) is 8.40. The van der Waals surface area contributed by atoms with Gasteiger partial charge in [0, 0.05) is 33.6 Å². The van der Waals surface area contributed by atoms with Crippen LogP contribution in [-0.4, -0.2) is 61.9 Å². The summed E-state index contributed by atoms with van der Waals surface area (Å²) in [5, 5.41) is 3.11. The number of hydrogen-bond donors (Lipinski definition) is 1. The van der Waals surface area contributed by atoms with E-state index in [4.69, 9.17) is 0 Å². The smallest absolute Gasteiger partial charge is 0.241 e. The van der Waals surface area contributed by atoms with E-state index >= 15 is 0 Å². The summed E-state index contributed by atoms with van der Waals surface area (Å²) < 4.78 is 0. The van der Waals surface area contributed by atoms with E-state index in [1.807, 2.05) is 13.8 Å². The fourth-order valence-electron chi connectivity index (χ4n) is 1.40. The molecular weight excluding hydrogens is 218 g/mol. The number of carbonyl (C=O) groups excluding carboxylic acids is 2. The lowest BCUT2D eigenvalue weighted by Gasteiger charge is -2.23. The fraction of sp³-hybridized carbons (Fsp3) is 0.833. The van der Waals surface area contributed by atoms with Crippen LogP contribution in [0.2, 0.25) is 0 Å². The first-order chi connectivity index (χ1) is 8.02. The van der Waals surface area contributed by atoms with Crippen LogP contribution in [0.25, 0.3) is 0 Å². The second-order valence-electron chi connectivity index (χ2n) is 4.21. The Morgan fingerprint density at radius 1 is 1.12 bits per heavy atom. The highest BCUT2D eigenvalue weighted by Gasteiger charge is 2.16. The summed E-state index contributed by atoms with van der Waals surface area (Å²) in [6.45, 7) is 6.37. The summed E-state index contributed by atoms with van der Waals surface area (Å²) in [6, 6.07) is 0. The maximum absolute atomic E-state index is 11.9. The molecule has 0 radical (unpaired) electrons. The highest BCUT2D eigenvalue weighted by Crippen LogP contribution is 1.97. The summed E-state index contributed by atoms with van der Waals surface area (Å²) in [4.78, 5) is 26.6. The van der Waals surface area contributed by atoms with Gasteiger partial charge >= 0.3 is 0 Å². The van der Waals surface area contributed by atoms with Crippen molar-refractivity contribution >= 4 is 11.8 Å². The Bertz CT molecular complexity index is 242. The average molecular weight is 243 g/mol. The molecule has 0 fully saturated rings. The number of hydrogen-bond acceptors (Lipinski definition) is 3. The highest BCUT2D eigenvalue weighted by atomic mass is 16.2. The minimum atomic E-state index is -0.0322. The SMILES string of the molecule is CCCN(CC(=O)N(C)C)C(=O)CCNCC. The van der Waals surface area contributed by atoms with E-state index in [1.54, 1.807) is 19.0 Å². The molecule has 0 saturated carbocycles. The van der Waals surface area contributed by atoms with Crippen LogP contribution in [0.1, 0.15) is 26.7 Å². The Morgan fingerprint density at radius 3 is 2.24 bits per heavy atom. The molecule has 0 unspecified atom stereocenters. The zero-order valence-corrected chi connectivity index (χ0v) is 11.5. The highest BCUT2D eigenvalue weighted by molar-refractivity contribution is 5.84. The molecular formula is C12H25N3O2. The molecule has 1 N–H and O–H groups in total. The molecule has 0 saturated heterocycles. The van der Waals surface area contributed by atoms with Crippen LogP contribution in [-0.2, 0) is 9.59 Å². The molecule has 0 aromatic heterocycles. The van der Waals surface area contributed by atoms with Crippen molar-refractivity contribution in [3.8, 4) is 0 Å². The second kappa shape index (κ2) is 8.98. The van der Waals surface area contributed by atoms with Gasteiger partial charge in [0.15, 0.2) is 0 Å². The first kappa shape index (κ1) is 15.9. The third-order valence-electron chi connectivity index (χ3n) is 2.44. The van der Waals surface area contributed by atoms with Crippen molar-refractivity contribution in [2.75, 3.05) is 40.3 Å². The van der Waals surface area contributed by atoms with Crippen LogP contribution in [0.15, 0.2) is 0 Å². The van der Waals surface area contributed by atoms with E-state index in [0.29, 0.717) is 19.5 Å². The van der Waals surface area contributed by atoms with E-state index in [1.165, 1.54) is 4.90 Å². The van der Waals surface area contributed by atoms with Crippen LogP contribution >= 0.6 is 0 Å². The average Bonchev–Trinajstić information content (AvgIpc) is 2.28. The Morgan fingerprint density at radius 2 is 1.76 bits per heavy atom. The van der Waals surface area contributed by atoms with Gasteiger partial charge < -0.3 is 15.1 Å². The minimum absolute atomic E-state index is 0.0322. The third-order valence-corrected chi connectivity index (χ3v) is 2.44. The summed E-state index contributed by atoms with van der Waals surface area (Å²) in [6.07, 6.45) is 1.32. The molecule has 0 rings (SSSR count). The van der Waals surface area contributed by atoms with Crippen LogP contribution in [0.5, 0.6) is 0 Å². The molecule has 0 spiro atoms. The lowest BCUT2D eigenvalue weighted by Crippen LogP contribution is -2.41. The largest absolute Gasteiger partial charge is 0.347 e. The monoisotopic (exact) mass is 243 g/mol. The van der Waals surface area contributed by atoms with Gasteiger partial charge in [-0.2, -0.15) is 0 Å². The molecule has 0 bridgehead atoms. The van der Waals surface area contributed by atoms with E-state index in [0.717, 1.165) is 13.0 Å². The van der Waals surface area contributed by atoms with Crippen molar-refractivity contribution in [2.24, 2.45) is 0 Å². The van der Waals surface area contributed by atoms with Crippen LogP contribution in [0.4, 0.5) is 0 Å². The Balaban J connectivity index is 4.20. The van der Waals surface area contributed by atoms with Crippen molar-refractivity contribution < 1.29 is 9.59 Å². The summed E-state index contributed by atoms with van der Waals surface area (Å²) >= 11 is 0. The maximum atomic E-state index is 11.9. The van der Waals surface area contributed by atoms with Crippen molar-refractivity contribution in [2.45, 2.75) is 26.7 Å². The lowest BCUT2D eigenvalue weighted by molar-refractivity contribution is -0.139. The quantitative estimate of drug-likeness (QED) is 0.624. The van der Waals surface area contributed by atoms with E-state index in [9.17, 15) is 9.59 Å². The maximum Gasteiger partial charge on any atom is 0.241 e. The van der Waals surface area contributed by atoms with Crippen LogP contribution in [0, 0.1) is 0 Å². The van der Waals surface area contributed by atoms with E-state index in [2.05, 4.69) is 5.32 Å².